The number of ether oxygens (including phenoxy) is 1. The summed E-state index contributed by atoms with van der Waals surface area (Å²) < 4.78 is 45.9. The van der Waals surface area contributed by atoms with Crippen molar-refractivity contribution >= 4 is 33.5 Å². The molecule has 0 aromatic heterocycles. The van der Waals surface area contributed by atoms with Gasteiger partial charge in [-0.2, -0.15) is 13.2 Å². The summed E-state index contributed by atoms with van der Waals surface area (Å²) in [7, 11) is 0. The van der Waals surface area contributed by atoms with Crippen LogP contribution in [0.25, 0.3) is 0 Å². The molecule has 0 bridgehead atoms. The lowest BCUT2D eigenvalue weighted by Gasteiger charge is -2.50. The number of fused-ring (bicyclic) bond motifs is 3. The van der Waals surface area contributed by atoms with Gasteiger partial charge in [0.15, 0.2) is 5.78 Å². The number of ketones is 1. The van der Waals surface area contributed by atoms with Crippen LogP contribution in [0.15, 0.2) is 10.5 Å². The topological polar surface area (TPSA) is 46.6 Å². The molecular weight excluding hydrogens is 475 g/mol. The average Bonchev–Trinajstić information content (AvgIpc) is 3.08. The van der Waals surface area contributed by atoms with Crippen LogP contribution in [0.2, 0.25) is 0 Å². The van der Waals surface area contributed by atoms with Gasteiger partial charge in [-0.1, -0.05) is 15.9 Å². The first-order valence-electron chi connectivity index (χ1n) is 10.5. The van der Waals surface area contributed by atoms with Crippen LogP contribution < -0.4 is 4.90 Å². The molecule has 1 aromatic carbocycles. The Morgan fingerprint density at radius 3 is 2.29 bits per heavy atom. The Hall–Kier alpha value is -1.57. The number of hydrogen-bond acceptors (Lipinski definition) is 3. The molecule has 8 heteroatoms. The standard InChI is InChI=1S/C23H29BrF3NO3/c1-20(2,3)31-19(30)28-17-14-9-7-8-13(14)16(24)12-15(17)22(6,10-11-23(25,26)27)18(29)21(28,4)5/h12H,7-11H2,1-6H3. The third-order valence-electron chi connectivity index (χ3n) is 6.24. The number of Topliss-reactive ketones (excluding diaryl/α,β-unsaturated/α-hetero) is 1. The molecule has 172 valence electrons. The van der Waals surface area contributed by atoms with Gasteiger partial charge in [0, 0.05) is 10.9 Å². The molecule has 3 rings (SSSR count). The maximum Gasteiger partial charge on any atom is 0.415 e. The normalized spacial score (nSPS) is 22.9. The quantitative estimate of drug-likeness (QED) is 0.454. The molecule has 0 radical (unpaired) electrons. The highest BCUT2D eigenvalue weighted by atomic mass is 79.9. The van der Waals surface area contributed by atoms with E-state index in [4.69, 9.17) is 4.74 Å². The highest BCUT2D eigenvalue weighted by Crippen LogP contribution is 2.53. The van der Waals surface area contributed by atoms with Crippen molar-refractivity contribution < 1.29 is 27.5 Å². The SMILES string of the molecule is CC(C)(C)OC(=O)N1c2c(cc(Br)c3c2CCC3)C(C)(CCC(F)(F)F)C(=O)C1(C)C. The largest absolute Gasteiger partial charge is 0.443 e. The summed E-state index contributed by atoms with van der Waals surface area (Å²) in [5.74, 6) is -0.424. The van der Waals surface area contributed by atoms with Gasteiger partial charge in [0.25, 0.3) is 0 Å². The molecule has 1 aromatic rings. The fraction of sp³-hybridized carbons (Fsp3) is 0.652. The first-order chi connectivity index (χ1) is 14.0. The van der Waals surface area contributed by atoms with Gasteiger partial charge >= 0.3 is 12.3 Å². The average molecular weight is 504 g/mol. The summed E-state index contributed by atoms with van der Waals surface area (Å²) >= 11 is 3.55. The van der Waals surface area contributed by atoms with E-state index < -0.39 is 41.0 Å². The van der Waals surface area contributed by atoms with Gasteiger partial charge in [0.05, 0.1) is 11.1 Å². The molecule has 1 atom stereocenters. The van der Waals surface area contributed by atoms with Gasteiger partial charge in [-0.05, 0) is 90.0 Å². The number of benzene rings is 1. The Morgan fingerprint density at radius 1 is 1.16 bits per heavy atom. The summed E-state index contributed by atoms with van der Waals surface area (Å²) in [5.41, 5.74) is -0.581. The van der Waals surface area contributed by atoms with Gasteiger partial charge in [-0.15, -0.1) is 0 Å². The molecule has 0 saturated carbocycles. The van der Waals surface area contributed by atoms with Crippen molar-refractivity contribution in [3.05, 3.63) is 27.2 Å². The molecule has 1 amide bonds. The van der Waals surface area contributed by atoms with E-state index in [9.17, 15) is 22.8 Å². The third-order valence-corrected chi connectivity index (χ3v) is 6.94. The van der Waals surface area contributed by atoms with Crippen LogP contribution in [-0.2, 0) is 27.8 Å². The predicted octanol–water partition coefficient (Wildman–Crippen LogP) is 6.64. The van der Waals surface area contributed by atoms with Crippen LogP contribution in [0.4, 0.5) is 23.7 Å². The second-order valence-corrected chi connectivity index (χ2v) is 11.1. The minimum absolute atomic E-state index is 0.376. The van der Waals surface area contributed by atoms with Crippen LogP contribution in [0, 0.1) is 0 Å². The van der Waals surface area contributed by atoms with Gasteiger partial charge in [-0.3, -0.25) is 9.69 Å². The number of carbonyl (C=O) groups is 2. The Bertz CT molecular complexity index is 933. The second-order valence-electron chi connectivity index (χ2n) is 10.2. The van der Waals surface area contributed by atoms with Crippen molar-refractivity contribution in [3.63, 3.8) is 0 Å². The monoisotopic (exact) mass is 503 g/mol. The van der Waals surface area contributed by atoms with Crippen LogP contribution >= 0.6 is 15.9 Å². The molecule has 1 aliphatic heterocycles. The minimum atomic E-state index is -4.39. The lowest BCUT2D eigenvalue weighted by Crippen LogP contribution is -2.63. The van der Waals surface area contributed by atoms with Crippen molar-refractivity contribution in [2.75, 3.05) is 4.90 Å². The number of alkyl halides is 3. The van der Waals surface area contributed by atoms with Crippen LogP contribution in [0.1, 0.15) is 77.5 Å². The summed E-state index contributed by atoms with van der Waals surface area (Å²) in [4.78, 5) is 28.4. The number of nitrogens with zero attached hydrogens (tertiary/aromatic N) is 1. The zero-order valence-electron chi connectivity index (χ0n) is 18.8. The fourth-order valence-electron chi connectivity index (χ4n) is 4.83. The minimum Gasteiger partial charge on any atom is -0.443 e. The lowest BCUT2D eigenvalue weighted by atomic mass is 9.64. The van der Waals surface area contributed by atoms with Crippen molar-refractivity contribution in [2.24, 2.45) is 0 Å². The first kappa shape index (κ1) is 24.1. The van der Waals surface area contributed by atoms with Crippen molar-refractivity contribution in [1.82, 2.24) is 0 Å². The molecular formula is C23H29BrF3NO3. The Balaban J connectivity index is 2.28. The zero-order chi connectivity index (χ0) is 23.6. The summed E-state index contributed by atoms with van der Waals surface area (Å²) in [5, 5.41) is 0. The Labute approximate surface area is 189 Å². The van der Waals surface area contributed by atoms with E-state index in [0.717, 1.165) is 28.4 Å². The van der Waals surface area contributed by atoms with Gasteiger partial charge in [-0.25, -0.2) is 4.79 Å². The number of carbonyl (C=O) groups excluding carboxylic acids is 2. The van der Waals surface area contributed by atoms with E-state index in [0.29, 0.717) is 17.7 Å². The van der Waals surface area contributed by atoms with Crippen LogP contribution in [-0.4, -0.2) is 29.2 Å². The number of rotatable bonds is 2. The van der Waals surface area contributed by atoms with E-state index in [2.05, 4.69) is 15.9 Å². The molecule has 0 fully saturated rings. The highest BCUT2D eigenvalue weighted by molar-refractivity contribution is 9.10. The maximum atomic E-state index is 13.7. The molecule has 1 heterocycles. The molecule has 4 nitrogen and oxygen atoms in total. The molecule has 0 saturated heterocycles. The predicted molar refractivity (Wildman–Crippen MR) is 117 cm³/mol. The number of amides is 1. The Kier molecular flexibility index (Phi) is 5.82. The second kappa shape index (κ2) is 7.49. The van der Waals surface area contributed by atoms with Gasteiger partial charge in [0.1, 0.15) is 11.1 Å². The molecule has 0 N–H and O–H groups in total. The van der Waals surface area contributed by atoms with Crippen molar-refractivity contribution in [1.29, 1.82) is 0 Å². The maximum absolute atomic E-state index is 13.7. The zero-order valence-corrected chi connectivity index (χ0v) is 20.4. The number of hydrogen-bond donors (Lipinski definition) is 0. The lowest BCUT2D eigenvalue weighted by molar-refractivity contribution is -0.143. The summed E-state index contributed by atoms with van der Waals surface area (Å²) in [6.45, 7) is 9.98. The molecule has 1 aliphatic carbocycles. The fourth-order valence-corrected chi connectivity index (χ4v) is 5.50. The molecule has 2 aliphatic rings. The van der Waals surface area contributed by atoms with Gasteiger partial charge in [0.2, 0.25) is 0 Å². The Morgan fingerprint density at radius 2 is 1.74 bits per heavy atom. The van der Waals surface area contributed by atoms with E-state index in [1.54, 1.807) is 47.6 Å². The highest BCUT2D eigenvalue weighted by Gasteiger charge is 2.57. The van der Waals surface area contributed by atoms with E-state index in [-0.39, 0.29) is 6.42 Å². The van der Waals surface area contributed by atoms with E-state index >= 15 is 0 Å². The van der Waals surface area contributed by atoms with E-state index in [1.165, 1.54) is 4.90 Å². The number of halogens is 4. The van der Waals surface area contributed by atoms with Crippen molar-refractivity contribution in [2.45, 2.75) is 96.4 Å². The summed E-state index contributed by atoms with van der Waals surface area (Å²) in [6, 6.07) is 1.74. The molecule has 0 spiro atoms. The molecule has 31 heavy (non-hydrogen) atoms. The first-order valence-corrected chi connectivity index (χ1v) is 11.3. The van der Waals surface area contributed by atoms with E-state index in [1.807, 2.05) is 0 Å². The van der Waals surface area contributed by atoms with Crippen LogP contribution in [0.5, 0.6) is 0 Å². The number of anilines is 1. The van der Waals surface area contributed by atoms with Crippen molar-refractivity contribution in [3.8, 4) is 0 Å². The smallest absolute Gasteiger partial charge is 0.415 e. The van der Waals surface area contributed by atoms with Gasteiger partial charge < -0.3 is 4.74 Å². The third kappa shape index (κ3) is 4.24. The summed E-state index contributed by atoms with van der Waals surface area (Å²) in [6.07, 6.45) is -4.13. The van der Waals surface area contributed by atoms with Crippen LogP contribution in [0.3, 0.4) is 0 Å². The molecule has 1 unspecified atom stereocenters.